The maximum absolute atomic E-state index is 12.9. The summed E-state index contributed by atoms with van der Waals surface area (Å²) in [6.07, 6.45) is 5.97. The molecule has 0 fully saturated rings. The van der Waals surface area contributed by atoms with Crippen LogP contribution in [0, 0.1) is 17.0 Å². The lowest BCUT2D eigenvalue weighted by atomic mass is 9.96. The monoisotopic (exact) mass is 416 g/mol. The van der Waals surface area contributed by atoms with Gasteiger partial charge in [-0.1, -0.05) is 18.9 Å². The number of thiophene rings is 1. The van der Waals surface area contributed by atoms with Crippen LogP contribution in [0.4, 0.5) is 10.7 Å². The van der Waals surface area contributed by atoms with Gasteiger partial charge in [0.25, 0.3) is 11.6 Å². The molecule has 7 nitrogen and oxygen atoms in total. The van der Waals surface area contributed by atoms with Crippen LogP contribution in [0.3, 0.4) is 0 Å². The van der Waals surface area contributed by atoms with Crippen molar-refractivity contribution in [2.24, 2.45) is 0 Å². The van der Waals surface area contributed by atoms with Gasteiger partial charge in [-0.25, -0.2) is 4.79 Å². The summed E-state index contributed by atoms with van der Waals surface area (Å²) in [5.41, 5.74) is 1.81. The van der Waals surface area contributed by atoms with E-state index in [0.717, 1.165) is 49.0 Å². The maximum atomic E-state index is 12.9. The number of esters is 1. The fraction of sp³-hybridized carbons (Fsp3) is 0.429. The van der Waals surface area contributed by atoms with Gasteiger partial charge in [0.05, 0.1) is 17.1 Å². The number of nitrogens with zero attached hydrogens (tertiary/aromatic N) is 1. The van der Waals surface area contributed by atoms with Gasteiger partial charge >= 0.3 is 5.97 Å². The van der Waals surface area contributed by atoms with E-state index in [0.29, 0.717) is 16.1 Å². The van der Waals surface area contributed by atoms with Gasteiger partial charge in [0.2, 0.25) is 0 Å². The average molecular weight is 416 g/mol. The molecule has 0 unspecified atom stereocenters. The highest BCUT2D eigenvalue weighted by Gasteiger charge is 2.27. The molecular weight excluding hydrogens is 392 g/mol. The molecule has 1 heterocycles. The number of carbonyl (C=O) groups is 2. The number of ether oxygens (including phenoxy) is 1. The van der Waals surface area contributed by atoms with E-state index in [9.17, 15) is 19.7 Å². The van der Waals surface area contributed by atoms with E-state index in [-0.39, 0.29) is 17.9 Å². The van der Waals surface area contributed by atoms with Gasteiger partial charge in [0.1, 0.15) is 5.00 Å². The van der Waals surface area contributed by atoms with Crippen LogP contribution in [-0.4, -0.2) is 23.4 Å². The molecule has 1 N–H and O–H groups in total. The van der Waals surface area contributed by atoms with Crippen LogP contribution in [0.1, 0.15) is 69.3 Å². The normalized spacial score (nSPS) is 13.7. The lowest BCUT2D eigenvalue weighted by molar-refractivity contribution is -0.385. The van der Waals surface area contributed by atoms with E-state index in [4.69, 9.17) is 4.74 Å². The molecular formula is C21H24N2O5S. The van der Waals surface area contributed by atoms with E-state index in [1.165, 1.54) is 23.5 Å². The zero-order chi connectivity index (χ0) is 21.0. The Bertz CT molecular complexity index is 951. The third-order valence-corrected chi connectivity index (χ3v) is 6.33. The first-order chi connectivity index (χ1) is 13.9. The minimum absolute atomic E-state index is 0.110. The molecule has 1 aliphatic rings. The van der Waals surface area contributed by atoms with E-state index in [1.807, 2.05) is 0 Å². The van der Waals surface area contributed by atoms with Crippen molar-refractivity contribution in [1.29, 1.82) is 0 Å². The Balaban J connectivity index is 1.99. The van der Waals surface area contributed by atoms with Gasteiger partial charge in [0, 0.05) is 22.1 Å². The number of fused-ring (bicyclic) bond motifs is 1. The summed E-state index contributed by atoms with van der Waals surface area (Å²) in [6, 6.07) is 4.40. The summed E-state index contributed by atoms with van der Waals surface area (Å²) < 4.78 is 5.25. The lowest BCUT2D eigenvalue weighted by Crippen LogP contribution is -2.16. The molecule has 1 amide bonds. The predicted molar refractivity (Wildman–Crippen MR) is 112 cm³/mol. The Kier molecular flexibility index (Phi) is 6.64. The number of nitro benzene ring substituents is 1. The van der Waals surface area contributed by atoms with Crippen molar-refractivity contribution in [3.05, 3.63) is 55.4 Å². The van der Waals surface area contributed by atoms with Gasteiger partial charge in [-0.2, -0.15) is 0 Å². The molecule has 0 aliphatic heterocycles. The topological polar surface area (TPSA) is 98.5 Å². The van der Waals surface area contributed by atoms with Crippen LogP contribution >= 0.6 is 11.3 Å². The summed E-state index contributed by atoms with van der Waals surface area (Å²) in [5, 5.41) is 14.5. The van der Waals surface area contributed by atoms with E-state index in [1.54, 1.807) is 19.9 Å². The van der Waals surface area contributed by atoms with Crippen molar-refractivity contribution in [1.82, 2.24) is 0 Å². The van der Waals surface area contributed by atoms with Crippen molar-refractivity contribution < 1.29 is 19.2 Å². The first-order valence-corrected chi connectivity index (χ1v) is 10.6. The number of nitrogens with one attached hydrogen (secondary N) is 1. The van der Waals surface area contributed by atoms with Gasteiger partial charge in [-0.15, -0.1) is 11.3 Å². The molecule has 29 heavy (non-hydrogen) atoms. The highest BCUT2D eigenvalue weighted by atomic mass is 32.1. The largest absolute Gasteiger partial charge is 0.462 e. The molecule has 1 aromatic carbocycles. The van der Waals surface area contributed by atoms with Crippen molar-refractivity contribution >= 4 is 33.9 Å². The van der Waals surface area contributed by atoms with Crippen LogP contribution in [0.2, 0.25) is 0 Å². The Morgan fingerprint density at radius 3 is 2.62 bits per heavy atom. The first kappa shape index (κ1) is 21.0. The van der Waals surface area contributed by atoms with Gasteiger partial charge in [-0.05, 0) is 51.2 Å². The summed E-state index contributed by atoms with van der Waals surface area (Å²) in [6.45, 7) is 3.55. The zero-order valence-electron chi connectivity index (χ0n) is 16.6. The van der Waals surface area contributed by atoms with Crippen molar-refractivity contribution in [3.63, 3.8) is 0 Å². The molecule has 3 rings (SSSR count). The molecule has 0 spiro atoms. The molecule has 0 saturated heterocycles. The summed E-state index contributed by atoms with van der Waals surface area (Å²) in [5.74, 6) is -0.900. The zero-order valence-corrected chi connectivity index (χ0v) is 17.4. The molecule has 2 aromatic rings. The van der Waals surface area contributed by atoms with Crippen molar-refractivity contribution in [2.45, 2.75) is 52.4 Å². The number of hydrogen-bond donors (Lipinski definition) is 1. The van der Waals surface area contributed by atoms with E-state index in [2.05, 4.69) is 5.32 Å². The molecule has 0 saturated carbocycles. The third kappa shape index (κ3) is 4.48. The highest BCUT2D eigenvalue weighted by molar-refractivity contribution is 7.17. The molecule has 0 bridgehead atoms. The molecule has 8 heteroatoms. The predicted octanol–water partition coefficient (Wildman–Crippen LogP) is 5.05. The quantitative estimate of drug-likeness (QED) is 0.418. The maximum Gasteiger partial charge on any atom is 0.341 e. The van der Waals surface area contributed by atoms with Crippen molar-refractivity contribution in [3.8, 4) is 0 Å². The number of amides is 1. The van der Waals surface area contributed by atoms with Crippen LogP contribution < -0.4 is 5.32 Å². The SMILES string of the molecule is CCOC(=O)c1c(NC(=O)c2cccc([N+](=O)[O-])c2C)sc2c1CCCCCC2. The second-order valence-electron chi connectivity index (χ2n) is 7.00. The van der Waals surface area contributed by atoms with Crippen LogP contribution in [-0.2, 0) is 17.6 Å². The summed E-state index contributed by atoms with van der Waals surface area (Å²) in [4.78, 5) is 37.4. The number of rotatable bonds is 5. The highest BCUT2D eigenvalue weighted by Crippen LogP contribution is 2.38. The molecule has 0 radical (unpaired) electrons. The Morgan fingerprint density at radius 1 is 1.21 bits per heavy atom. The third-order valence-electron chi connectivity index (χ3n) is 5.12. The average Bonchev–Trinajstić information content (AvgIpc) is 2.98. The minimum atomic E-state index is -0.507. The second kappa shape index (κ2) is 9.17. The van der Waals surface area contributed by atoms with Crippen LogP contribution in [0.5, 0.6) is 0 Å². The Labute approximate surface area is 173 Å². The number of anilines is 1. The molecule has 1 aromatic heterocycles. The molecule has 154 valence electrons. The number of carbonyl (C=O) groups excluding carboxylic acids is 2. The standard InChI is InChI=1S/C21H24N2O5S/c1-3-28-21(25)18-15-9-6-4-5-7-12-17(15)29-20(18)22-19(24)14-10-8-11-16(13(14)2)23(26)27/h8,10-11H,3-7,9,12H2,1-2H3,(H,22,24). The van der Waals surface area contributed by atoms with Crippen LogP contribution in [0.25, 0.3) is 0 Å². The van der Waals surface area contributed by atoms with Crippen molar-refractivity contribution in [2.75, 3.05) is 11.9 Å². The Morgan fingerprint density at radius 2 is 1.93 bits per heavy atom. The minimum Gasteiger partial charge on any atom is -0.462 e. The number of hydrogen-bond acceptors (Lipinski definition) is 6. The van der Waals surface area contributed by atoms with E-state index >= 15 is 0 Å². The van der Waals surface area contributed by atoms with Crippen LogP contribution in [0.15, 0.2) is 18.2 Å². The Hall–Kier alpha value is -2.74. The van der Waals surface area contributed by atoms with Gasteiger partial charge in [0.15, 0.2) is 0 Å². The number of benzene rings is 1. The first-order valence-electron chi connectivity index (χ1n) is 9.81. The molecule has 1 aliphatic carbocycles. The summed E-state index contributed by atoms with van der Waals surface area (Å²) in [7, 11) is 0. The fourth-order valence-electron chi connectivity index (χ4n) is 3.66. The smallest absolute Gasteiger partial charge is 0.341 e. The molecule has 0 atom stereocenters. The van der Waals surface area contributed by atoms with E-state index < -0.39 is 16.8 Å². The number of aryl methyl sites for hydroxylation is 1. The second-order valence-corrected chi connectivity index (χ2v) is 8.11. The lowest BCUT2D eigenvalue weighted by Gasteiger charge is -2.12. The fourth-order valence-corrected chi connectivity index (χ4v) is 4.94. The summed E-state index contributed by atoms with van der Waals surface area (Å²) >= 11 is 1.41. The van der Waals surface area contributed by atoms with Gasteiger partial charge < -0.3 is 10.1 Å². The van der Waals surface area contributed by atoms with Gasteiger partial charge in [-0.3, -0.25) is 14.9 Å². The number of nitro groups is 1.